The average molecular weight is 395 g/mol. The van der Waals surface area contributed by atoms with Gasteiger partial charge < -0.3 is 0 Å². The first-order valence-corrected chi connectivity index (χ1v) is 11.5. The van der Waals surface area contributed by atoms with Crippen LogP contribution in [0.2, 0.25) is 0 Å². The van der Waals surface area contributed by atoms with Crippen molar-refractivity contribution in [2.24, 2.45) is 5.14 Å². The Balaban J connectivity index is 1.80. The van der Waals surface area contributed by atoms with Crippen LogP contribution in [0.5, 0.6) is 0 Å². The summed E-state index contributed by atoms with van der Waals surface area (Å²) in [6.45, 7) is 1.79. The van der Waals surface area contributed by atoms with Crippen molar-refractivity contribution < 1.29 is 16.8 Å². The second kappa shape index (κ2) is 7.11. The van der Waals surface area contributed by atoms with Crippen molar-refractivity contribution in [1.82, 2.24) is 4.72 Å². The monoisotopic (exact) mass is 394 g/mol. The lowest BCUT2D eigenvalue weighted by Crippen LogP contribution is -2.27. The van der Waals surface area contributed by atoms with E-state index in [1.807, 2.05) is 6.07 Å². The Kier molecular flexibility index (Phi) is 5.21. The van der Waals surface area contributed by atoms with E-state index in [-0.39, 0.29) is 9.79 Å². The van der Waals surface area contributed by atoms with Gasteiger partial charge >= 0.3 is 0 Å². The van der Waals surface area contributed by atoms with Gasteiger partial charge in [0.1, 0.15) is 0 Å². The lowest BCUT2D eigenvalue weighted by Gasteiger charge is -2.20. The highest BCUT2D eigenvalue weighted by Crippen LogP contribution is 2.25. The Morgan fingerprint density at radius 2 is 1.46 bits per heavy atom. The van der Waals surface area contributed by atoms with Crippen LogP contribution >= 0.6 is 0 Å². The average Bonchev–Trinajstić information content (AvgIpc) is 2.60. The van der Waals surface area contributed by atoms with E-state index in [1.54, 1.807) is 6.92 Å². The molecule has 3 N–H and O–H groups in total. The maximum Gasteiger partial charge on any atom is 0.241 e. The minimum Gasteiger partial charge on any atom is -0.225 e. The van der Waals surface area contributed by atoms with Crippen LogP contribution in [0.25, 0.3) is 0 Å². The Morgan fingerprint density at radius 3 is 2.08 bits per heavy atom. The van der Waals surface area contributed by atoms with Crippen molar-refractivity contribution in [3.05, 3.63) is 59.2 Å². The minimum absolute atomic E-state index is 0.00490. The van der Waals surface area contributed by atoms with Crippen molar-refractivity contribution in [2.45, 2.75) is 48.4 Å². The summed E-state index contributed by atoms with van der Waals surface area (Å²) >= 11 is 0. The largest absolute Gasteiger partial charge is 0.241 e. The molecule has 0 aromatic heterocycles. The summed E-state index contributed by atoms with van der Waals surface area (Å²) in [4.78, 5) is -0.131. The number of benzene rings is 2. The Bertz CT molecular complexity index is 1010. The molecule has 2 aromatic carbocycles. The van der Waals surface area contributed by atoms with Gasteiger partial charge in [-0.15, -0.1) is 0 Å². The minimum atomic E-state index is -3.86. The van der Waals surface area contributed by atoms with E-state index in [2.05, 4.69) is 16.9 Å². The standard InChI is InChI=1S/C18H22N2O4S2/c1-13(15-7-6-14-4-2-3-5-16(14)12-15)20-26(23,24)18-10-8-17(9-11-18)25(19,21)22/h6-13,20H,2-5H2,1H3,(H2,19,21,22). The van der Waals surface area contributed by atoms with E-state index in [0.717, 1.165) is 24.8 Å². The Morgan fingerprint density at radius 1 is 0.885 bits per heavy atom. The fourth-order valence-electron chi connectivity index (χ4n) is 3.20. The van der Waals surface area contributed by atoms with Crippen LogP contribution in [0.1, 0.15) is 42.5 Å². The van der Waals surface area contributed by atoms with Gasteiger partial charge in [0.05, 0.1) is 9.79 Å². The van der Waals surface area contributed by atoms with Gasteiger partial charge in [-0.3, -0.25) is 0 Å². The highest BCUT2D eigenvalue weighted by atomic mass is 32.2. The van der Waals surface area contributed by atoms with Crippen molar-refractivity contribution >= 4 is 20.0 Å². The Hall–Kier alpha value is -1.74. The summed E-state index contributed by atoms with van der Waals surface area (Å²) in [6, 6.07) is 10.6. The summed E-state index contributed by atoms with van der Waals surface area (Å²) in [6.07, 6.45) is 4.46. The molecule has 0 heterocycles. The highest BCUT2D eigenvalue weighted by Gasteiger charge is 2.20. The molecule has 1 atom stereocenters. The first-order chi connectivity index (χ1) is 12.2. The molecule has 0 amide bonds. The van der Waals surface area contributed by atoms with Gasteiger partial charge in [-0.25, -0.2) is 26.7 Å². The van der Waals surface area contributed by atoms with E-state index >= 15 is 0 Å². The molecule has 1 aliphatic rings. The third-order valence-electron chi connectivity index (χ3n) is 4.67. The number of nitrogens with one attached hydrogen (secondary N) is 1. The zero-order valence-electron chi connectivity index (χ0n) is 14.5. The molecule has 140 valence electrons. The van der Waals surface area contributed by atoms with Crippen LogP contribution in [0.15, 0.2) is 52.3 Å². The quantitative estimate of drug-likeness (QED) is 0.811. The maximum atomic E-state index is 12.6. The van der Waals surface area contributed by atoms with Crippen LogP contribution < -0.4 is 9.86 Å². The van der Waals surface area contributed by atoms with Gasteiger partial charge in [0.25, 0.3) is 0 Å². The number of rotatable bonds is 5. The molecule has 0 fully saturated rings. The van der Waals surface area contributed by atoms with Crippen molar-refractivity contribution in [1.29, 1.82) is 0 Å². The van der Waals surface area contributed by atoms with Gasteiger partial charge in [-0.2, -0.15) is 0 Å². The number of fused-ring (bicyclic) bond motifs is 1. The lowest BCUT2D eigenvalue weighted by atomic mass is 9.89. The van der Waals surface area contributed by atoms with Crippen LogP contribution in [-0.4, -0.2) is 16.8 Å². The van der Waals surface area contributed by atoms with Gasteiger partial charge in [-0.05, 0) is 73.6 Å². The molecule has 3 rings (SSSR count). The van der Waals surface area contributed by atoms with Gasteiger partial charge in [-0.1, -0.05) is 18.2 Å². The number of hydrogen-bond donors (Lipinski definition) is 2. The third-order valence-corrected chi connectivity index (χ3v) is 7.15. The summed E-state index contributed by atoms with van der Waals surface area (Å²) in [5, 5.41) is 5.04. The van der Waals surface area contributed by atoms with E-state index in [1.165, 1.54) is 41.8 Å². The number of nitrogens with two attached hydrogens (primary N) is 1. The first-order valence-electron chi connectivity index (χ1n) is 8.44. The molecule has 2 aromatic rings. The van der Waals surface area contributed by atoms with Crippen molar-refractivity contribution in [2.75, 3.05) is 0 Å². The number of hydrogen-bond acceptors (Lipinski definition) is 4. The Labute approximate surface area is 154 Å². The summed E-state index contributed by atoms with van der Waals surface area (Å²) in [5.41, 5.74) is 3.54. The smallest absolute Gasteiger partial charge is 0.225 e. The summed E-state index contributed by atoms with van der Waals surface area (Å²) in [7, 11) is -7.63. The molecule has 8 heteroatoms. The molecule has 0 saturated heterocycles. The topological polar surface area (TPSA) is 106 Å². The third kappa shape index (κ3) is 4.15. The van der Waals surface area contributed by atoms with Gasteiger partial charge in [0, 0.05) is 6.04 Å². The first kappa shape index (κ1) is 19.0. The van der Waals surface area contributed by atoms with Gasteiger partial charge in [0.2, 0.25) is 20.0 Å². The van der Waals surface area contributed by atoms with Crippen molar-refractivity contribution in [3.63, 3.8) is 0 Å². The molecule has 0 radical (unpaired) electrons. The molecule has 0 saturated carbocycles. The van der Waals surface area contributed by atoms with Crippen LogP contribution in [0.4, 0.5) is 0 Å². The summed E-state index contributed by atoms with van der Waals surface area (Å²) < 4.78 is 50.4. The van der Waals surface area contributed by atoms with E-state index in [0.29, 0.717) is 0 Å². The second-order valence-corrected chi connectivity index (χ2v) is 9.87. The van der Waals surface area contributed by atoms with Crippen LogP contribution in [0, 0.1) is 0 Å². The molecule has 0 aliphatic heterocycles. The molecule has 1 unspecified atom stereocenters. The molecule has 0 spiro atoms. The number of aryl methyl sites for hydroxylation is 2. The molecular formula is C18H22N2O4S2. The molecule has 26 heavy (non-hydrogen) atoms. The molecule has 6 nitrogen and oxygen atoms in total. The zero-order valence-corrected chi connectivity index (χ0v) is 16.1. The fourth-order valence-corrected chi connectivity index (χ4v) is 4.95. The van der Waals surface area contributed by atoms with E-state index < -0.39 is 26.1 Å². The molecule has 1 aliphatic carbocycles. The molecule has 0 bridgehead atoms. The number of sulfonamides is 2. The predicted molar refractivity (Wildman–Crippen MR) is 99.6 cm³/mol. The van der Waals surface area contributed by atoms with Crippen molar-refractivity contribution in [3.8, 4) is 0 Å². The molecular weight excluding hydrogens is 372 g/mol. The highest BCUT2D eigenvalue weighted by molar-refractivity contribution is 7.89. The zero-order chi connectivity index (χ0) is 18.9. The van der Waals surface area contributed by atoms with Crippen LogP contribution in [0.3, 0.4) is 0 Å². The predicted octanol–water partition coefficient (Wildman–Crippen LogP) is 2.25. The summed E-state index contributed by atoms with van der Waals surface area (Å²) in [5.74, 6) is 0. The normalized spacial score (nSPS) is 16.1. The second-order valence-electron chi connectivity index (χ2n) is 6.59. The van der Waals surface area contributed by atoms with E-state index in [9.17, 15) is 16.8 Å². The SMILES string of the molecule is CC(NS(=O)(=O)c1ccc(S(N)(=O)=O)cc1)c1ccc2c(c1)CCCC2. The van der Waals surface area contributed by atoms with Crippen LogP contribution in [-0.2, 0) is 32.9 Å². The number of primary sulfonamides is 1. The lowest BCUT2D eigenvalue weighted by molar-refractivity contribution is 0.566. The van der Waals surface area contributed by atoms with Gasteiger partial charge in [0.15, 0.2) is 0 Å². The van der Waals surface area contributed by atoms with E-state index in [4.69, 9.17) is 5.14 Å². The fraction of sp³-hybridized carbons (Fsp3) is 0.333. The maximum absolute atomic E-state index is 12.6.